The monoisotopic (exact) mass is 302 g/mol. The average Bonchev–Trinajstić information content (AvgIpc) is 3.35. The van der Waals surface area contributed by atoms with E-state index in [0.29, 0.717) is 19.5 Å². The van der Waals surface area contributed by atoms with E-state index in [9.17, 15) is 14.9 Å². The van der Waals surface area contributed by atoms with Crippen molar-refractivity contribution in [3.05, 3.63) is 46.0 Å². The van der Waals surface area contributed by atoms with Crippen LogP contribution < -0.4 is 4.74 Å². The Balaban J connectivity index is 1.62. The van der Waals surface area contributed by atoms with E-state index in [0.717, 1.165) is 17.7 Å². The molecule has 1 aromatic carbocycles. The Hall–Kier alpha value is -2.37. The smallest absolute Gasteiger partial charge is 0.233 e. The molecular formula is C16H18N2O4. The van der Waals surface area contributed by atoms with Crippen molar-refractivity contribution < 1.29 is 14.5 Å². The van der Waals surface area contributed by atoms with Crippen LogP contribution in [0.3, 0.4) is 0 Å². The lowest BCUT2D eigenvalue weighted by Gasteiger charge is -2.26. The van der Waals surface area contributed by atoms with Crippen molar-refractivity contribution in [2.75, 3.05) is 20.2 Å². The number of carbonyl (C=O) groups excluding carboxylic acids is 1. The summed E-state index contributed by atoms with van der Waals surface area (Å²) < 4.78 is 5.14. The quantitative estimate of drug-likeness (QED) is 0.629. The van der Waals surface area contributed by atoms with Crippen molar-refractivity contribution in [1.82, 2.24) is 4.90 Å². The van der Waals surface area contributed by atoms with Crippen molar-refractivity contribution in [3.63, 3.8) is 0 Å². The zero-order valence-corrected chi connectivity index (χ0v) is 12.4. The fourth-order valence-corrected chi connectivity index (χ4v) is 2.85. The van der Waals surface area contributed by atoms with Crippen LogP contribution in [0.15, 0.2) is 30.3 Å². The summed E-state index contributed by atoms with van der Waals surface area (Å²) in [6, 6.07) is 7.18. The molecule has 0 saturated heterocycles. The second-order valence-electron chi connectivity index (χ2n) is 5.69. The highest BCUT2D eigenvalue weighted by Crippen LogP contribution is 2.35. The Morgan fingerprint density at radius 3 is 2.59 bits per heavy atom. The van der Waals surface area contributed by atoms with Crippen LogP contribution in [0.2, 0.25) is 0 Å². The molecule has 2 unspecified atom stereocenters. The molecular weight excluding hydrogens is 284 g/mol. The van der Waals surface area contributed by atoms with Gasteiger partial charge in [-0.25, -0.2) is 0 Å². The minimum atomic E-state index is -0.667. The van der Waals surface area contributed by atoms with Crippen LogP contribution in [-0.4, -0.2) is 42.0 Å². The third-order valence-electron chi connectivity index (χ3n) is 4.33. The van der Waals surface area contributed by atoms with E-state index in [1.807, 2.05) is 30.3 Å². The molecule has 1 fully saturated rings. The minimum Gasteiger partial charge on any atom is -0.497 e. The van der Waals surface area contributed by atoms with Gasteiger partial charge >= 0.3 is 0 Å². The third-order valence-corrected chi connectivity index (χ3v) is 4.33. The Morgan fingerprint density at radius 1 is 1.36 bits per heavy atom. The van der Waals surface area contributed by atoms with Gasteiger partial charge in [-0.3, -0.25) is 14.9 Å². The summed E-state index contributed by atoms with van der Waals surface area (Å²) in [5.74, 6) is 0.328. The molecule has 22 heavy (non-hydrogen) atoms. The molecule has 2 aliphatic rings. The van der Waals surface area contributed by atoms with Gasteiger partial charge in [0.25, 0.3) is 0 Å². The molecule has 0 bridgehead atoms. The van der Waals surface area contributed by atoms with Gasteiger partial charge in [-0.1, -0.05) is 18.2 Å². The zero-order chi connectivity index (χ0) is 15.7. The fourth-order valence-electron chi connectivity index (χ4n) is 2.85. The van der Waals surface area contributed by atoms with Crippen LogP contribution >= 0.6 is 0 Å². The molecule has 1 aromatic rings. The SMILES string of the molecule is COc1ccc(C2=CCN(C(=O)C3CC3[N+](=O)[O-])CC2)cc1. The van der Waals surface area contributed by atoms with Gasteiger partial charge in [0.2, 0.25) is 11.9 Å². The Morgan fingerprint density at radius 2 is 2.09 bits per heavy atom. The van der Waals surface area contributed by atoms with Crippen LogP contribution in [0.1, 0.15) is 18.4 Å². The van der Waals surface area contributed by atoms with E-state index in [2.05, 4.69) is 0 Å². The molecule has 116 valence electrons. The Bertz CT molecular complexity index is 624. The molecule has 0 spiro atoms. The van der Waals surface area contributed by atoms with Crippen molar-refractivity contribution in [3.8, 4) is 5.75 Å². The van der Waals surface area contributed by atoms with E-state index in [-0.39, 0.29) is 10.8 Å². The summed E-state index contributed by atoms with van der Waals surface area (Å²) in [5, 5.41) is 10.7. The molecule has 0 N–H and O–H groups in total. The number of ether oxygens (including phenoxy) is 1. The predicted molar refractivity (Wildman–Crippen MR) is 81.1 cm³/mol. The summed E-state index contributed by atoms with van der Waals surface area (Å²) >= 11 is 0. The summed E-state index contributed by atoms with van der Waals surface area (Å²) in [6.07, 6.45) is 3.19. The average molecular weight is 302 g/mol. The minimum absolute atomic E-state index is 0.0771. The maximum Gasteiger partial charge on any atom is 0.233 e. The highest BCUT2D eigenvalue weighted by molar-refractivity contribution is 5.83. The molecule has 2 atom stereocenters. The van der Waals surface area contributed by atoms with Gasteiger partial charge in [0.05, 0.1) is 7.11 Å². The highest BCUT2D eigenvalue weighted by Gasteiger charge is 2.54. The first-order valence-electron chi connectivity index (χ1n) is 7.36. The maximum atomic E-state index is 12.2. The summed E-state index contributed by atoms with van der Waals surface area (Å²) in [7, 11) is 1.63. The summed E-state index contributed by atoms with van der Waals surface area (Å²) in [4.78, 5) is 24.2. The lowest BCUT2D eigenvalue weighted by Crippen LogP contribution is -2.36. The normalized spacial score (nSPS) is 23.7. The largest absolute Gasteiger partial charge is 0.497 e. The predicted octanol–water partition coefficient (Wildman–Crippen LogP) is 1.98. The van der Waals surface area contributed by atoms with Crippen molar-refractivity contribution in [2.24, 2.45) is 5.92 Å². The van der Waals surface area contributed by atoms with Gasteiger partial charge < -0.3 is 9.64 Å². The third kappa shape index (κ3) is 2.81. The molecule has 0 aromatic heterocycles. The molecule has 6 heteroatoms. The lowest BCUT2D eigenvalue weighted by molar-refractivity contribution is -0.497. The Kier molecular flexibility index (Phi) is 3.83. The van der Waals surface area contributed by atoms with Crippen LogP contribution in [0.25, 0.3) is 5.57 Å². The van der Waals surface area contributed by atoms with Crippen LogP contribution in [0.5, 0.6) is 5.75 Å². The summed E-state index contributed by atoms with van der Waals surface area (Å²) in [5.41, 5.74) is 2.33. The van der Waals surface area contributed by atoms with Gasteiger partial charge in [0.1, 0.15) is 11.7 Å². The topological polar surface area (TPSA) is 72.7 Å². The molecule has 1 aliphatic carbocycles. The number of nitro groups is 1. The number of hydrogen-bond acceptors (Lipinski definition) is 4. The summed E-state index contributed by atoms with van der Waals surface area (Å²) in [6.45, 7) is 1.15. The fraction of sp³-hybridized carbons (Fsp3) is 0.438. The van der Waals surface area contributed by atoms with Gasteiger partial charge in [-0.2, -0.15) is 0 Å². The first-order chi connectivity index (χ1) is 10.6. The second kappa shape index (κ2) is 5.79. The number of nitrogens with zero attached hydrogens (tertiary/aromatic N) is 2. The van der Waals surface area contributed by atoms with Crippen molar-refractivity contribution in [1.29, 1.82) is 0 Å². The molecule has 1 saturated carbocycles. The van der Waals surface area contributed by atoms with Gasteiger partial charge in [0.15, 0.2) is 0 Å². The molecule has 0 radical (unpaired) electrons. The molecule has 1 amide bonds. The van der Waals surface area contributed by atoms with E-state index in [1.54, 1.807) is 12.0 Å². The first-order valence-corrected chi connectivity index (χ1v) is 7.36. The molecule has 1 aliphatic heterocycles. The van der Waals surface area contributed by atoms with Crippen molar-refractivity contribution in [2.45, 2.75) is 18.9 Å². The number of carbonyl (C=O) groups is 1. The number of amides is 1. The van der Waals surface area contributed by atoms with Gasteiger partial charge in [0, 0.05) is 24.4 Å². The van der Waals surface area contributed by atoms with Crippen LogP contribution in [-0.2, 0) is 4.79 Å². The van der Waals surface area contributed by atoms with E-state index < -0.39 is 12.0 Å². The number of hydrogen-bond donors (Lipinski definition) is 0. The molecule has 1 heterocycles. The second-order valence-corrected chi connectivity index (χ2v) is 5.69. The van der Waals surface area contributed by atoms with E-state index >= 15 is 0 Å². The lowest BCUT2D eigenvalue weighted by atomic mass is 9.99. The van der Waals surface area contributed by atoms with Crippen LogP contribution in [0, 0.1) is 16.0 Å². The number of methoxy groups -OCH3 is 1. The number of rotatable bonds is 4. The first kappa shape index (κ1) is 14.6. The molecule has 3 rings (SSSR count). The van der Waals surface area contributed by atoms with Gasteiger partial charge in [-0.05, 0) is 29.7 Å². The van der Waals surface area contributed by atoms with E-state index in [1.165, 1.54) is 5.57 Å². The van der Waals surface area contributed by atoms with Crippen LogP contribution in [0.4, 0.5) is 0 Å². The standard InChI is InChI=1S/C16H18N2O4/c1-22-13-4-2-11(3-5-13)12-6-8-17(9-7-12)16(19)14-10-15(14)18(20)21/h2-6,14-15H,7-10H2,1H3. The van der Waals surface area contributed by atoms with Crippen molar-refractivity contribution >= 4 is 11.5 Å². The zero-order valence-electron chi connectivity index (χ0n) is 12.4. The van der Waals surface area contributed by atoms with E-state index in [4.69, 9.17) is 4.74 Å². The van der Waals surface area contributed by atoms with Gasteiger partial charge in [-0.15, -0.1) is 0 Å². The maximum absolute atomic E-state index is 12.2. The Labute approximate surface area is 128 Å². The highest BCUT2D eigenvalue weighted by atomic mass is 16.6. The number of benzene rings is 1. The molecule has 6 nitrogen and oxygen atoms in total.